The highest BCUT2D eigenvalue weighted by atomic mass is 35.5. The Hall–Kier alpha value is -2.01. The van der Waals surface area contributed by atoms with Crippen LogP contribution in [-0.4, -0.2) is 9.55 Å². The number of nitrogens with two attached hydrogens (primary N) is 1. The van der Waals surface area contributed by atoms with Crippen LogP contribution in [0.15, 0.2) is 40.1 Å². The van der Waals surface area contributed by atoms with Gasteiger partial charge in [0.05, 0.1) is 6.54 Å². The first-order valence-corrected chi connectivity index (χ1v) is 5.28. The number of aromatic amines is 1. The number of anilines is 1. The van der Waals surface area contributed by atoms with Crippen LogP contribution in [0.5, 0.6) is 0 Å². The van der Waals surface area contributed by atoms with Gasteiger partial charge in [-0.25, -0.2) is 4.79 Å². The minimum atomic E-state index is -0.583. The molecule has 0 amide bonds. The van der Waals surface area contributed by atoms with Crippen molar-refractivity contribution in [3.05, 3.63) is 61.9 Å². The standard InChI is InChI=1S/C11H10ClN3O2/c12-9-6-15(11(17)14-10(9)16)5-7-2-1-3-8(13)4-7/h1-4,6H,5,13H2,(H,14,16,17). The Kier molecular flexibility index (Phi) is 3.01. The summed E-state index contributed by atoms with van der Waals surface area (Å²) < 4.78 is 1.32. The third-order valence-electron chi connectivity index (χ3n) is 2.27. The van der Waals surface area contributed by atoms with Crippen molar-refractivity contribution < 1.29 is 0 Å². The first kappa shape index (κ1) is 11.5. The summed E-state index contributed by atoms with van der Waals surface area (Å²) in [5.41, 5.74) is 6.03. The van der Waals surface area contributed by atoms with Crippen molar-refractivity contribution in [2.24, 2.45) is 0 Å². The van der Waals surface area contributed by atoms with Gasteiger partial charge in [0, 0.05) is 11.9 Å². The molecule has 0 atom stereocenters. The first-order chi connectivity index (χ1) is 8.06. The number of halogens is 1. The number of hydrogen-bond donors (Lipinski definition) is 2. The minimum absolute atomic E-state index is 0.0199. The lowest BCUT2D eigenvalue weighted by atomic mass is 10.2. The molecule has 0 bridgehead atoms. The summed E-state index contributed by atoms with van der Waals surface area (Å²) in [5.74, 6) is 0. The number of aromatic nitrogens is 2. The number of nitrogens with one attached hydrogen (secondary N) is 1. The molecule has 2 rings (SSSR count). The number of benzene rings is 1. The van der Waals surface area contributed by atoms with Crippen LogP contribution in [0.25, 0.3) is 0 Å². The van der Waals surface area contributed by atoms with Crippen molar-refractivity contribution >= 4 is 17.3 Å². The van der Waals surface area contributed by atoms with Gasteiger partial charge in [0.25, 0.3) is 5.56 Å². The van der Waals surface area contributed by atoms with Crippen molar-refractivity contribution in [3.63, 3.8) is 0 Å². The SMILES string of the molecule is Nc1cccc(Cn2cc(Cl)c(=O)[nH]c2=O)c1. The molecule has 1 aromatic carbocycles. The number of nitrogen functional groups attached to an aromatic ring is 1. The Bertz CT molecular complexity index is 660. The van der Waals surface area contributed by atoms with Crippen molar-refractivity contribution in [1.82, 2.24) is 9.55 Å². The predicted octanol–water partition coefficient (Wildman–Crippen LogP) is 0.821. The molecule has 88 valence electrons. The third-order valence-corrected chi connectivity index (χ3v) is 2.54. The van der Waals surface area contributed by atoms with Crippen molar-refractivity contribution in [3.8, 4) is 0 Å². The molecule has 0 aliphatic rings. The number of nitrogens with zero attached hydrogens (tertiary/aromatic N) is 1. The fourth-order valence-corrected chi connectivity index (χ4v) is 1.65. The van der Waals surface area contributed by atoms with Gasteiger partial charge in [-0.15, -0.1) is 0 Å². The molecular formula is C11H10ClN3O2. The zero-order valence-corrected chi connectivity index (χ0v) is 9.57. The van der Waals surface area contributed by atoms with E-state index in [1.807, 2.05) is 6.07 Å². The highest BCUT2D eigenvalue weighted by Crippen LogP contribution is 2.07. The van der Waals surface area contributed by atoms with Crippen LogP contribution in [0.4, 0.5) is 5.69 Å². The molecule has 0 aliphatic carbocycles. The first-order valence-electron chi connectivity index (χ1n) is 4.90. The highest BCUT2D eigenvalue weighted by Gasteiger charge is 2.03. The normalized spacial score (nSPS) is 10.4. The average Bonchev–Trinajstić information content (AvgIpc) is 2.26. The summed E-state index contributed by atoms with van der Waals surface area (Å²) in [6, 6.07) is 7.14. The van der Waals surface area contributed by atoms with E-state index in [4.69, 9.17) is 17.3 Å². The Morgan fingerprint density at radius 1 is 1.35 bits per heavy atom. The second-order valence-electron chi connectivity index (χ2n) is 3.61. The van der Waals surface area contributed by atoms with Gasteiger partial charge in [0.1, 0.15) is 5.02 Å². The summed E-state index contributed by atoms with van der Waals surface area (Å²) in [4.78, 5) is 24.7. The van der Waals surface area contributed by atoms with E-state index in [0.717, 1.165) is 5.56 Å². The molecule has 0 fully saturated rings. The maximum absolute atomic E-state index is 11.5. The van der Waals surface area contributed by atoms with E-state index < -0.39 is 11.2 Å². The van der Waals surface area contributed by atoms with Gasteiger partial charge in [0.15, 0.2) is 0 Å². The zero-order valence-electron chi connectivity index (χ0n) is 8.81. The molecule has 0 saturated carbocycles. The van der Waals surface area contributed by atoms with Crippen LogP contribution in [0, 0.1) is 0 Å². The molecule has 5 nitrogen and oxygen atoms in total. The Labute approximate surface area is 101 Å². The average molecular weight is 252 g/mol. The van der Waals surface area contributed by atoms with Gasteiger partial charge in [-0.1, -0.05) is 23.7 Å². The Balaban J connectivity index is 2.40. The highest BCUT2D eigenvalue weighted by molar-refractivity contribution is 6.30. The lowest BCUT2D eigenvalue weighted by Crippen LogP contribution is -2.29. The van der Waals surface area contributed by atoms with E-state index in [1.54, 1.807) is 18.2 Å². The van der Waals surface area contributed by atoms with Gasteiger partial charge in [-0.05, 0) is 17.7 Å². The fourth-order valence-electron chi connectivity index (χ4n) is 1.49. The third kappa shape index (κ3) is 2.57. The number of rotatable bonds is 2. The lowest BCUT2D eigenvalue weighted by Gasteiger charge is -2.06. The van der Waals surface area contributed by atoms with Gasteiger partial charge in [-0.2, -0.15) is 0 Å². The predicted molar refractivity (Wildman–Crippen MR) is 66.3 cm³/mol. The molecule has 0 aliphatic heterocycles. The van der Waals surface area contributed by atoms with Gasteiger partial charge in [-0.3, -0.25) is 14.3 Å². The summed E-state index contributed by atoms with van der Waals surface area (Å²) in [7, 11) is 0. The van der Waals surface area contributed by atoms with Crippen LogP contribution >= 0.6 is 11.6 Å². The monoisotopic (exact) mass is 251 g/mol. The van der Waals surface area contributed by atoms with Crippen LogP contribution in [0.3, 0.4) is 0 Å². The summed E-state index contributed by atoms with van der Waals surface area (Å²) in [5, 5.41) is -0.0199. The Morgan fingerprint density at radius 2 is 2.12 bits per heavy atom. The molecule has 2 aromatic rings. The van der Waals surface area contributed by atoms with Crippen LogP contribution in [0.2, 0.25) is 5.02 Å². The number of hydrogen-bond acceptors (Lipinski definition) is 3. The summed E-state index contributed by atoms with van der Waals surface area (Å²) in [6.45, 7) is 0.306. The molecule has 0 saturated heterocycles. The molecule has 1 aromatic heterocycles. The van der Waals surface area contributed by atoms with E-state index >= 15 is 0 Å². The zero-order chi connectivity index (χ0) is 12.4. The maximum atomic E-state index is 11.5. The van der Waals surface area contributed by atoms with Crippen molar-refractivity contribution in [2.75, 3.05) is 5.73 Å². The molecule has 17 heavy (non-hydrogen) atoms. The molecule has 1 heterocycles. The van der Waals surface area contributed by atoms with E-state index in [0.29, 0.717) is 12.2 Å². The second kappa shape index (κ2) is 4.47. The van der Waals surface area contributed by atoms with Gasteiger partial charge >= 0.3 is 5.69 Å². The van der Waals surface area contributed by atoms with Crippen LogP contribution < -0.4 is 17.0 Å². The largest absolute Gasteiger partial charge is 0.399 e. The molecule has 6 heteroatoms. The fraction of sp³-hybridized carbons (Fsp3) is 0.0909. The lowest BCUT2D eigenvalue weighted by molar-refractivity contribution is 0.721. The topological polar surface area (TPSA) is 80.9 Å². The Morgan fingerprint density at radius 3 is 2.82 bits per heavy atom. The summed E-state index contributed by atoms with van der Waals surface area (Å²) >= 11 is 5.66. The van der Waals surface area contributed by atoms with E-state index in [2.05, 4.69) is 4.98 Å². The van der Waals surface area contributed by atoms with Crippen LogP contribution in [0.1, 0.15) is 5.56 Å². The maximum Gasteiger partial charge on any atom is 0.328 e. The molecular weight excluding hydrogens is 242 g/mol. The van der Waals surface area contributed by atoms with Gasteiger partial charge < -0.3 is 5.73 Å². The van der Waals surface area contributed by atoms with E-state index in [-0.39, 0.29) is 5.02 Å². The summed E-state index contributed by atoms with van der Waals surface area (Å²) in [6.07, 6.45) is 1.31. The smallest absolute Gasteiger partial charge is 0.328 e. The quantitative estimate of drug-likeness (QED) is 0.776. The van der Waals surface area contributed by atoms with Gasteiger partial charge in [0.2, 0.25) is 0 Å². The molecule has 0 radical (unpaired) electrons. The second-order valence-corrected chi connectivity index (χ2v) is 4.02. The molecule has 3 N–H and O–H groups in total. The van der Waals surface area contributed by atoms with E-state index in [9.17, 15) is 9.59 Å². The molecule has 0 unspecified atom stereocenters. The van der Waals surface area contributed by atoms with E-state index in [1.165, 1.54) is 10.8 Å². The van der Waals surface area contributed by atoms with Crippen molar-refractivity contribution in [1.29, 1.82) is 0 Å². The van der Waals surface area contributed by atoms with Crippen LogP contribution in [-0.2, 0) is 6.54 Å². The minimum Gasteiger partial charge on any atom is -0.399 e. The molecule has 0 spiro atoms. The van der Waals surface area contributed by atoms with Crippen molar-refractivity contribution in [2.45, 2.75) is 6.54 Å². The number of H-pyrrole nitrogens is 1.